The van der Waals surface area contributed by atoms with E-state index < -0.39 is 0 Å². The van der Waals surface area contributed by atoms with E-state index in [0.717, 1.165) is 36.1 Å². The van der Waals surface area contributed by atoms with E-state index >= 15 is 0 Å². The van der Waals surface area contributed by atoms with Crippen LogP contribution in [-0.4, -0.2) is 43.3 Å². The smallest absolute Gasteiger partial charge is 0.330 e. The summed E-state index contributed by atoms with van der Waals surface area (Å²) in [5.41, 5.74) is 4.61. The molecule has 1 heterocycles. The Balaban J connectivity index is 1.58. The van der Waals surface area contributed by atoms with E-state index in [-0.39, 0.29) is 24.2 Å². The maximum atomic E-state index is 12.1. The first kappa shape index (κ1) is 26.8. The van der Waals surface area contributed by atoms with Crippen molar-refractivity contribution in [1.82, 2.24) is 4.90 Å². The molecular formula is C32H37NO4. The van der Waals surface area contributed by atoms with Crippen LogP contribution in [0.15, 0.2) is 103 Å². The van der Waals surface area contributed by atoms with Crippen molar-refractivity contribution >= 4 is 5.97 Å². The van der Waals surface area contributed by atoms with Crippen LogP contribution in [0.4, 0.5) is 0 Å². The van der Waals surface area contributed by atoms with E-state index in [2.05, 4.69) is 60.4 Å². The molecule has 0 N–H and O–H groups in total. The minimum Gasteiger partial charge on any atom is -0.466 e. The third-order valence-corrected chi connectivity index (χ3v) is 7.02. The summed E-state index contributed by atoms with van der Waals surface area (Å²) < 4.78 is 17.8. The summed E-state index contributed by atoms with van der Waals surface area (Å²) in [5, 5.41) is 0. The van der Waals surface area contributed by atoms with Crippen molar-refractivity contribution in [2.24, 2.45) is 0 Å². The number of rotatable bonds is 11. The Kier molecular flexibility index (Phi) is 10.1. The van der Waals surface area contributed by atoms with Crippen LogP contribution >= 0.6 is 0 Å². The van der Waals surface area contributed by atoms with Gasteiger partial charge in [-0.05, 0) is 36.5 Å². The number of likely N-dealkylation sites (tertiary alicyclic amines) is 1. The molecular weight excluding hydrogens is 462 g/mol. The Labute approximate surface area is 220 Å². The summed E-state index contributed by atoms with van der Waals surface area (Å²) in [5.74, 6) is -0.305. The van der Waals surface area contributed by atoms with Gasteiger partial charge in [0, 0.05) is 24.7 Å². The van der Waals surface area contributed by atoms with E-state index in [1.165, 1.54) is 12.7 Å². The molecule has 0 aromatic heterocycles. The molecule has 37 heavy (non-hydrogen) atoms. The van der Waals surface area contributed by atoms with Gasteiger partial charge in [-0.3, -0.25) is 4.90 Å². The maximum absolute atomic E-state index is 12.1. The second-order valence-electron chi connectivity index (χ2n) is 9.51. The summed E-state index contributed by atoms with van der Waals surface area (Å²) in [6.45, 7) is 4.55. The molecule has 0 aliphatic carbocycles. The molecule has 1 saturated heterocycles. The first-order valence-electron chi connectivity index (χ1n) is 13.0. The van der Waals surface area contributed by atoms with Gasteiger partial charge in [-0.25, -0.2) is 4.79 Å². The van der Waals surface area contributed by atoms with E-state index in [9.17, 15) is 4.79 Å². The van der Waals surface area contributed by atoms with E-state index in [1.807, 2.05) is 42.5 Å². The zero-order valence-corrected chi connectivity index (χ0v) is 21.8. The molecule has 4 rings (SSSR count). The predicted molar refractivity (Wildman–Crippen MR) is 146 cm³/mol. The van der Waals surface area contributed by atoms with E-state index in [4.69, 9.17) is 14.2 Å². The van der Waals surface area contributed by atoms with Crippen LogP contribution in [-0.2, 0) is 32.2 Å². The number of piperidine rings is 1. The topological polar surface area (TPSA) is 48.0 Å². The summed E-state index contributed by atoms with van der Waals surface area (Å²) >= 11 is 0. The largest absolute Gasteiger partial charge is 0.466 e. The van der Waals surface area contributed by atoms with Crippen LogP contribution in [0.25, 0.3) is 0 Å². The van der Waals surface area contributed by atoms with Crippen LogP contribution in [0.5, 0.6) is 0 Å². The number of nitrogens with zero attached hydrogens (tertiary/aromatic N) is 1. The first-order chi connectivity index (χ1) is 18.1. The second-order valence-corrected chi connectivity index (χ2v) is 9.51. The van der Waals surface area contributed by atoms with Crippen molar-refractivity contribution in [3.63, 3.8) is 0 Å². The number of hydrogen-bond donors (Lipinski definition) is 0. The lowest BCUT2D eigenvalue weighted by atomic mass is 9.90. The number of methoxy groups -OCH3 is 1. The van der Waals surface area contributed by atoms with Gasteiger partial charge in [-0.2, -0.15) is 0 Å². The Bertz CT molecular complexity index is 1120. The second kappa shape index (κ2) is 13.9. The molecule has 0 amide bonds. The maximum Gasteiger partial charge on any atom is 0.330 e. The van der Waals surface area contributed by atoms with Crippen LogP contribution in [0.2, 0.25) is 0 Å². The van der Waals surface area contributed by atoms with Crippen molar-refractivity contribution in [3.05, 3.63) is 119 Å². The number of ether oxygens (including phenoxy) is 3. The lowest BCUT2D eigenvalue weighted by molar-refractivity contribution is -0.135. The van der Waals surface area contributed by atoms with Gasteiger partial charge in [0.15, 0.2) is 0 Å². The van der Waals surface area contributed by atoms with Gasteiger partial charge in [0.1, 0.15) is 0 Å². The predicted octanol–water partition coefficient (Wildman–Crippen LogP) is 6.11. The van der Waals surface area contributed by atoms with Gasteiger partial charge in [-0.15, -0.1) is 0 Å². The minimum atomic E-state index is -0.305. The van der Waals surface area contributed by atoms with Crippen molar-refractivity contribution in [1.29, 1.82) is 0 Å². The SMILES string of the molecule is COC(=O)/C=C1\CCN([C@@H](C)c2ccccc2)[C@@H]([C@@H](COCc2ccccc2)OCc2ccccc2)C1. The molecule has 0 saturated carbocycles. The van der Waals surface area contributed by atoms with Gasteiger partial charge < -0.3 is 14.2 Å². The van der Waals surface area contributed by atoms with Gasteiger partial charge in [-0.1, -0.05) is 96.6 Å². The van der Waals surface area contributed by atoms with Gasteiger partial charge in [0.2, 0.25) is 0 Å². The van der Waals surface area contributed by atoms with Gasteiger partial charge in [0.05, 0.1) is 33.0 Å². The van der Waals surface area contributed by atoms with Gasteiger partial charge in [0.25, 0.3) is 0 Å². The molecule has 3 aromatic carbocycles. The van der Waals surface area contributed by atoms with Gasteiger partial charge >= 0.3 is 5.97 Å². The third kappa shape index (κ3) is 7.86. The van der Waals surface area contributed by atoms with Crippen LogP contribution < -0.4 is 0 Å². The fourth-order valence-electron chi connectivity index (χ4n) is 4.95. The number of carbonyl (C=O) groups is 1. The van der Waals surface area contributed by atoms with Crippen LogP contribution in [0.1, 0.15) is 42.5 Å². The Hall–Kier alpha value is -3.25. The molecule has 3 aromatic rings. The standard InChI is InChI=1S/C32H37NO4/c1-25(29-16-10-5-11-17-29)33-19-18-28(21-32(34)35-2)20-30(33)31(37-23-27-14-8-4-9-15-27)24-36-22-26-12-6-3-7-13-26/h3-17,21,25,30-31H,18-20,22-24H2,1-2H3/b28-21+/t25-,30+,31+/m0/s1. The molecule has 5 heteroatoms. The minimum absolute atomic E-state index is 0.0411. The van der Waals surface area contributed by atoms with Crippen molar-refractivity contribution in [3.8, 4) is 0 Å². The van der Waals surface area contributed by atoms with Crippen LogP contribution in [0, 0.1) is 0 Å². The number of carbonyl (C=O) groups excluding carboxylic acids is 1. The Morgan fingerprint density at radius 3 is 2.14 bits per heavy atom. The summed E-state index contributed by atoms with van der Waals surface area (Å²) in [4.78, 5) is 14.6. The van der Waals surface area contributed by atoms with Crippen molar-refractivity contribution in [2.45, 2.75) is 51.2 Å². The lowest BCUT2D eigenvalue weighted by Crippen LogP contribution is -2.50. The molecule has 194 valence electrons. The molecule has 0 radical (unpaired) electrons. The highest BCUT2D eigenvalue weighted by molar-refractivity contribution is 5.82. The van der Waals surface area contributed by atoms with Crippen LogP contribution in [0.3, 0.4) is 0 Å². The number of benzene rings is 3. The summed E-state index contributed by atoms with van der Waals surface area (Å²) in [6, 6.07) is 31.2. The summed E-state index contributed by atoms with van der Waals surface area (Å²) in [7, 11) is 1.42. The normalized spacial score (nSPS) is 18.9. The molecule has 1 aliphatic rings. The monoisotopic (exact) mass is 499 g/mol. The van der Waals surface area contributed by atoms with Crippen molar-refractivity contribution in [2.75, 3.05) is 20.3 Å². The Morgan fingerprint density at radius 1 is 0.919 bits per heavy atom. The zero-order chi connectivity index (χ0) is 25.9. The number of esters is 1. The fourth-order valence-corrected chi connectivity index (χ4v) is 4.95. The highest BCUT2D eigenvalue weighted by Gasteiger charge is 2.36. The highest BCUT2D eigenvalue weighted by atomic mass is 16.5. The average molecular weight is 500 g/mol. The van der Waals surface area contributed by atoms with E-state index in [0.29, 0.717) is 19.8 Å². The Morgan fingerprint density at radius 2 is 1.51 bits per heavy atom. The molecule has 1 fully saturated rings. The lowest BCUT2D eigenvalue weighted by Gasteiger charge is -2.44. The van der Waals surface area contributed by atoms with Crippen molar-refractivity contribution < 1.29 is 19.0 Å². The summed E-state index contributed by atoms with van der Waals surface area (Å²) in [6.07, 6.45) is 3.01. The molecule has 1 aliphatic heterocycles. The molecule has 0 spiro atoms. The molecule has 5 nitrogen and oxygen atoms in total. The first-order valence-corrected chi connectivity index (χ1v) is 13.0. The zero-order valence-electron chi connectivity index (χ0n) is 21.8. The molecule has 3 atom stereocenters. The quantitative estimate of drug-likeness (QED) is 0.235. The average Bonchev–Trinajstić information content (AvgIpc) is 2.96. The fraction of sp³-hybridized carbons (Fsp3) is 0.344. The van der Waals surface area contributed by atoms with E-state index in [1.54, 1.807) is 6.08 Å². The highest BCUT2D eigenvalue weighted by Crippen LogP contribution is 2.33. The third-order valence-electron chi connectivity index (χ3n) is 7.02. The number of hydrogen-bond acceptors (Lipinski definition) is 5. The molecule has 0 bridgehead atoms. The molecule has 0 unspecified atom stereocenters.